The summed E-state index contributed by atoms with van der Waals surface area (Å²) in [6.45, 7) is 0.377. The fourth-order valence-electron chi connectivity index (χ4n) is 1.70. The van der Waals surface area contributed by atoms with Crippen LogP contribution in [0.5, 0.6) is 0 Å². The van der Waals surface area contributed by atoms with E-state index in [9.17, 15) is 4.39 Å². The van der Waals surface area contributed by atoms with E-state index in [-0.39, 0.29) is 5.82 Å². The molecule has 0 atom stereocenters. The van der Waals surface area contributed by atoms with Crippen molar-refractivity contribution >= 4 is 21.6 Å². The minimum absolute atomic E-state index is 0.352. The van der Waals surface area contributed by atoms with Crippen LogP contribution >= 0.6 is 15.9 Å². The van der Waals surface area contributed by atoms with Crippen molar-refractivity contribution in [2.45, 2.75) is 6.54 Å². The molecule has 0 spiro atoms. The van der Waals surface area contributed by atoms with Crippen molar-refractivity contribution < 1.29 is 8.81 Å². The van der Waals surface area contributed by atoms with Gasteiger partial charge in [0.15, 0.2) is 4.67 Å². The molecule has 0 fully saturated rings. The van der Waals surface area contributed by atoms with Crippen LogP contribution in [0.1, 0.15) is 5.76 Å². The van der Waals surface area contributed by atoms with E-state index < -0.39 is 0 Å². The van der Waals surface area contributed by atoms with Crippen molar-refractivity contribution in [2.24, 2.45) is 0 Å². The standard InChI is InChI=1S/C12H9BrFN5O/c13-12-4-2-9(20-12)6-15-11-5-8(1-3-10(11)14)19-7-16-17-18-19/h1-5,7,15H,6H2. The lowest BCUT2D eigenvalue weighted by Crippen LogP contribution is -2.03. The Labute approximate surface area is 121 Å². The molecule has 1 N–H and O–H groups in total. The van der Waals surface area contributed by atoms with Gasteiger partial charge in [-0.3, -0.25) is 0 Å². The lowest BCUT2D eigenvalue weighted by molar-refractivity contribution is 0.495. The van der Waals surface area contributed by atoms with Crippen LogP contribution in [0.2, 0.25) is 0 Å². The minimum Gasteiger partial charge on any atom is -0.452 e. The Bertz CT molecular complexity index is 712. The zero-order chi connectivity index (χ0) is 13.9. The van der Waals surface area contributed by atoms with E-state index in [0.717, 1.165) is 0 Å². The quantitative estimate of drug-likeness (QED) is 0.792. The molecule has 0 saturated heterocycles. The van der Waals surface area contributed by atoms with Gasteiger partial charge in [-0.2, -0.15) is 0 Å². The molecule has 0 aliphatic carbocycles. The maximum atomic E-state index is 13.8. The summed E-state index contributed by atoms with van der Waals surface area (Å²) in [7, 11) is 0. The van der Waals surface area contributed by atoms with Gasteiger partial charge in [0.2, 0.25) is 0 Å². The number of tetrazole rings is 1. The third-order valence-electron chi connectivity index (χ3n) is 2.65. The van der Waals surface area contributed by atoms with Crippen molar-refractivity contribution in [1.29, 1.82) is 0 Å². The summed E-state index contributed by atoms with van der Waals surface area (Å²) in [6, 6.07) is 8.17. The maximum absolute atomic E-state index is 13.8. The first-order chi connectivity index (χ1) is 9.72. The normalized spacial score (nSPS) is 10.7. The third kappa shape index (κ3) is 2.69. The van der Waals surface area contributed by atoms with Crippen molar-refractivity contribution in [3.63, 3.8) is 0 Å². The van der Waals surface area contributed by atoms with Crippen molar-refractivity contribution in [2.75, 3.05) is 5.32 Å². The number of halogens is 2. The lowest BCUT2D eigenvalue weighted by atomic mass is 10.2. The number of hydrogen-bond acceptors (Lipinski definition) is 5. The minimum atomic E-state index is -0.354. The van der Waals surface area contributed by atoms with E-state index in [4.69, 9.17) is 4.42 Å². The summed E-state index contributed by atoms with van der Waals surface area (Å²) in [5.74, 6) is 0.344. The van der Waals surface area contributed by atoms with Crippen LogP contribution in [0.25, 0.3) is 5.69 Å². The summed E-state index contributed by atoms with van der Waals surface area (Å²) in [6.07, 6.45) is 1.45. The second-order valence-corrected chi connectivity index (χ2v) is 4.76. The Balaban J connectivity index is 1.80. The van der Waals surface area contributed by atoms with E-state index >= 15 is 0 Å². The zero-order valence-corrected chi connectivity index (χ0v) is 11.7. The van der Waals surface area contributed by atoms with E-state index in [2.05, 4.69) is 36.8 Å². The molecule has 2 aromatic heterocycles. The summed E-state index contributed by atoms with van der Waals surface area (Å²) in [4.78, 5) is 0. The monoisotopic (exact) mass is 337 g/mol. The molecule has 3 rings (SSSR count). The average Bonchev–Trinajstić information content (AvgIpc) is 3.09. The van der Waals surface area contributed by atoms with Crippen LogP contribution < -0.4 is 5.32 Å². The number of anilines is 1. The molecule has 0 aliphatic heterocycles. The molecular formula is C12H9BrFN5O. The molecule has 1 aromatic carbocycles. The van der Waals surface area contributed by atoms with Gasteiger partial charge in [0.1, 0.15) is 17.9 Å². The Hall–Kier alpha value is -2.22. The Kier molecular flexibility index (Phi) is 3.46. The van der Waals surface area contributed by atoms with E-state index in [0.29, 0.717) is 28.3 Å². The van der Waals surface area contributed by atoms with Gasteiger partial charge >= 0.3 is 0 Å². The highest BCUT2D eigenvalue weighted by Gasteiger charge is 2.07. The second-order valence-electron chi connectivity index (χ2n) is 3.98. The predicted molar refractivity (Wildman–Crippen MR) is 72.8 cm³/mol. The first kappa shape index (κ1) is 12.8. The predicted octanol–water partition coefficient (Wildman–Crippen LogP) is 2.77. The van der Waals surface area contributed by atoms with Gasteiger partial charge in [-0.15, -0.1) is 5.10 Å². The summed E-state index contributed by atoms with van der Waals surface area (Å²) in [5.41, 5.74) is 1.02. The number of nitrogens with zero attached hydrogens (tertiary/aromatic N) is 4. The highest BCUT2D eigenvalue weighted by molar-refractivity contribution is 9.10. The number of nitrogens with one attached hydrogen (secondary N) is 1. The number of benzene rings is 1. The second kappa shape index (κ2) is 5.41. The fourth-order valence-corrected chi connectivity index (χ4v) is 2.04. The van der Waals surface area contributed by atoms with Gasteiger partial charge in [0.05, 0.1) is 17.9 Å². The third-order valence-corrected chi connectivity index (χ3v) is 3.07. The van der Waals surface area contributed by atoms with Crippen molar-refractivity contribution in [3.05, 3.63) is 52.9 Å². The summed E-state index contributed by atoms with van der Waals surface area (Å²) < 4.78 is 21.2. The largest absolute Gasteiger partial charge is 0.452 e. The molecule has 102 valence electrons. The van der Waals surface area contributed by atoms with E-state index in [1.807, 2.05) is 0 Å². The van der Waals surface area contributed by atoms with Crippen molar-refractivity contribution in [1.82, 2.24) is 20.2 Å². The molecule has 6 nitrogen and oxygen atoms in total. The fraction of sp³-hybridized carbons (Fsp3) is 0.0833. The molecule has 8 heteroatoms. The zero-order valence-electron chi connectivity index (χ0n) is 10.1. The van der Waals surface area contributed by atoms with Gasteiger partial charge in [-0.1, -0.05) is 0 Å². The van der Waals surface area contributed by atoms with Crippen LogP contribution in [0.4, 0.5) is 10.1 Å². The average molecular weight is 338 g/mol. The topological polar surface area (TPSA) is 68.8 Å². The molecule has 0 saturated carbocycles. The number of aromatic nitrogens is 4. The summed E-state index contributed by atoms with van der Waals surface area (Å²) >= 11 is 3.22. The van der Waals surface area contributed by atoms with E-state index in [1.54, 1.807) is 24.3 Å². The molecule has 2 heterocycles. The smallest absolute Gasteiger partial charge is 0.169 e. The molecule has 0 unspecified atom stereocenters. The van der Waals surface area contributed by atoms with Gasteiger partial charge < -0.3 is 9.73 Å². The van der Waals surface area contributed by atoms with Gasteiger partial charge in [0.25, 0.3) is 0 Å². The lowest BCUT2D eigenvalue weighted by Gasteiger charge is -2.08. The van der Waals surface area contributed by atoms with Gasteiger partial charge in [0, 0.05) is 0 Å². The summed E-state index contributed by atoms with van der Waals surface area (Å²) in [5, 5.41) is 13.8. The van der Waals surface area contributed by atoms with Gasteiger partial charge in [-0.05, 0) is 56.7 Å². The van der Waals surface area contributed by atoms with Crippen LogP contribution in [0, 0.1) is 5.82 Å². The van der Waals surface area contributed by atoms with Crippen LogP contribution in [0.15, 0.2) is 45.7 Å². The SMILES string of the molecule is Fc1ccc(-n2cnnn2)cc1NCc1ccc(Br)o1. The molecule has 0 bridgehead atoms. The van der Waals surface area contributed by atoms with Crippen molar-refractivity contribution in [3.8, 4) is 5.69 Å². The molecule has 20 heavy (non-hydrogen) atoms. The maximum Gasteiger partial charge on any atom is 0.169 e. The first-order valence-electron chi connectivity index (χ1n) is 5.73. The van der Waals surface area contributed by atoms with E-state index in [1.165, 1.54) is 17.1 Å². The Morgan fingerprint density at radius 2 is 2.20 bits per heavy atom. The van der Waals surface area contributed by atoms with Crippen LogP contribution in [-0.2, 0) is 6.54 Å². The molecular weight excluding hydrogens is 329 g/mol. The molecule has 0 amide bonds. The highest BCUT2D eigenvalue weighted by atomic mass is 79.9. The van der Waals surface area contributed by atoms with Gasteiger partial charge in [-0.25, -0.2) is 9.07 Å². The number of rotatable bonds is 4. The number of hydrogen-bond donors (Lipinski definition) is 1. The molecule has 0 aliphatic rings. The Morgan fingerprint density at radius 1 is 1.30 bits per heavy atom. The highest BCUT2D eigenvalue weighted by Crippen LogP contribution is 2.20. The number of furan rings is 1. The van der Waals surface area contributed by atoms with Crippen LogP contribution in [0.3, 0.4) is 0 Å². The first-order valence-corrected chi connectivity index (χ1v) is 6.53. The molecule has 0 radical (unpaired) electrons. The van der Waals surface area contributed by atoms with Crippen LogP contribution in [-0.4, -0.2) is 20.2 Å². The molecule has 3 aromatic rings. The Morgan fingerprint density at radius 3 is 2.90 bits per heavy atom.